The van der Waals surface area contributed by atoms with Crippen molar-refractivity contribution in [3.8, 4) is 5.69 Å². The number of hydrogen-bond acceptors (Lipinski definition) is 3. The summed E-state index contributed by atoms with van der Waals surface area (Å²) >= 11 is 5.21. The number of nitrogens with zero attached hydrogens (tertiary/aromatic N) is 2. The monoisotopic (exact) mass is 321 g/mol. The minimum absolute atomic E-state index is 0.246. The van der Waals surface area contributed by atoms with Gasteiger partial charge in [-0.05, 0) is 42.9 Å². The molecule has 1 heterocycles. The predicted molar refractivity (Wildman–Crippen MR) is 95.1 cm³/mol. The maximum absolute atomic E-state index is 12.7. The second-order valence-electron chi connectivity index (χ2n) is 5.13. The second kappa shape index (κ2) is 6.54. The molecular formula is C18H15N3OS. The van der Waals surface area contributed by atoms with Crippen molar-refractivity contribution in [2.45, 2.75) is 6.92 Å². The third-order valence-corrected chi connectivity index (χ3v) is 3.70. The summed E-state index contributed by atoms with van der Waals surface area (Å²) in [4.78, 5) is 12.7. The van der Waals surface area contributed by atoms with Gasteiger partial charge in [0.15, 0.2) is 0 Å². The third kappa shape index (κ3) is 3.35. The van der Waals surface area contributed by atoms with Crippen molar-refractivity contribution in [3.63, 3.8) is 0 Å². The molecule has 0 aliphatic carbocycles. The van der Waals surface area contributed by atoms with Crippen LogP contribution in [0.1, 0.15) is 16.8 Å². The predicted octanol–water partition coefficient (Wildman–Crippen LogP) is 3.77. The lowest BCUT2D eigenvalue weighted by molar-refractivity contribution is 0.822. The molecule has 0 saturated heterocycles. The minimum Gasteiger partial charge on any atom is -0.266 e. The number of benzene rings is 2. The zero-order valence-corrected chi connectivity index (χ0v) is 13.4. The number of aromatic amines is 1. The molecule has 0 amide bonds. The molecule has 114 valence electrons. The van der Waals surface area contributed by atoms with E-state index in [1.54, 1.807) is 6.08 Å². The zero-order valence-electron chi connectivity index (χ0n) is 12.6. The van der Waals surface area contributed by atoms with E-state index >= 15 is 0 Å². The first-order chi connectivity index (χ1) is 11.1. The summed E-state index contributed by atoms with van der Waals surface area (Å²) in [6.07, 6.45) is 3.54. The molecule has 0 radical (unpaired) electrons. The quantitative estimate of drug-likeness (QED) is 0.747. The summed E-state index contributed by atoms with van der Waals surface area (Å²) in [6, 6.07) is 17.4. The van der Waals surface area contributed by atoms with Gasteiger partial charge >= 0.3 is 0 Å². The van der Waals surface area contributed by atoms with E-state index in [2.05, 4.69) is 10.2 Å². The summed E-state index contributed by atoms with van der Waals surface area (Å²) in [5.74, 6) is 0. The zero-order chi connectivity index (χ0) is 16.2. The Bertz CT molecular complexity index is 954. The molecule has 0 saturated carbocycles. The van der Waals surface area contributed by atoms with E-state index in [-0.39, 0.29) is 10.3 Å². The van der Waals surface area contributed by atoms with E-state index < -0.39 is 0 Å². The molecule has 3 aromatic rings. The maximum Gasteiger partial charge on any atom is 0.285 e. The van der Waals surface area contributed by atoms with Crippen molar-refractivity contribution in [1.29, 1.82) is 0 Å². The van der Waals surface area contributed by atoms with Crippen LogP contribution in [0.15, 0.2) is 59.4 Å². The lowest BCUT2D eigenvalue weighted by Crippen LogP contribution is -2.24. The molecule has 2 aromatic carbocycles. The molecule has 1 N–H and O–H groups in total. The van der Waals surface area contributed by atoms with Crippen molar-refractivity contribution < 1.29 is 0 Å². The van der Waals surface area contributed by atoms with Gasteiger partial charge in [0.25, 0.3) is 5.56 Å². The van der Waals surface area contributed by atoms with Crippen molar-refractivity contribution in [3.05, 3.63) is 86.5 Å². The fourth-order valence-corrected chi connectivity index (χ4v) is 2.42. The molecule has 5 heteroatoms. The van der Waals surface area contributed by atoms with Gasteiger partial charge in [-0.2, -0.15) is 5.10 Å². The fraction of sp³-hybridized carbons (Fsp3) is 0.0556. The molecule has 4 nitrogen and oxygen atoms in total. The van der Waals surface area contributed by atoms with E-state index in [4.69, 9.17) is 12.2 Å². The second-order valence-corrected chi connectivity index (χ2v) is 5.52. The van der Waals surface area contributed by atoms with Crippen LogP contribution in [-0.2, 0) is 0 Å². The lowest BCUT2D eigenvalue weighted by Gasteiger charge is -2.06. The molecule has 0 fully saturated rings. The fourth-order valence-electron chi connectivity index (χ4n) is 2.19. The number of aromatic nitrogens is 3. The summed E-state index contributed by atoms with van der Waals surface area (Å²) in [7, 11) is 0. The summed E-state index contributed by atoms with van der Waals surface area (Å²) in [5, 5.41) is 6.78. The summed E-state index contributed by atoms with van der Waals surface area (Å²) < 4.78 is 1.72. The Labute approximate surface area is 138 Å². The lowest BCUT2D eigenvalue weighted by atomic mass is 10.2. The first-order valence-electron chi connectivity index (χ1n) is 7.17. The van der Waals surface area contributed by atoms with Crippen LogP contribution in [0.25, 0.3) is 17.8 Å². The van der Waals surface area contributed by atoms with Crippen LogP contribution in [-0.4, -0.2) is 14.8 Å². The SMILES string of the molecule is Cc1ccc(-n2c(=S)[nH]nc(/C=C/c3ccccc3)c2=O)cc1. The van der Waals surface area contributed by atoms with Gasteiger partial charge in [0.05, 0.1) is 5.69 Å². The molecule has 1 aromatic heterocycles. The molecule has 0 atom stereocenters. The Kier molecular flexibility index (Phi) is 4.30. The molecule has 0 spiro atoms. The van der Waals surface area contributed by atoms with Crippen LogP contribution in [0.4, 0.5) is 0 Å². The number of H-pyrrole nitrogens is 1. The van der Waals surface area contributed by atoms with Gasteiger partial charge < -0.3 is 0 Å². The highest BCUT2D eigenvalue weighted by Crippen LogP contribution is 2.08. The van der Waals surface area contributed by atoms with Crippen molar-refractivity contribution in [1.82, 2.24) is 14.8 Å². The Morgan fingerprint density at radius 3 is 2.43 bits per heavy atom. The van der Waals surface area contributed by atoms with E-state index in [9.17, 15) is 4.79 Å². The Balaban J connectivity index is 2.06. The van der Waals surface area contributed by atoms with Gasteiger partial charge in [-0.3, -0.25) is 14.5 Å². The van der Waals surface area contributed by atoms with Crippen LogP contribution in [0.3, 0.4) is 0 Å². The van der Waals surface area contributed by atoms with Gasteiger partial charge in [0, 0.05) is 0 Å². The van der Waals surface area contributed by atoms with E-state index in [1.165, 1.54) is 4.57 Å². The highest BCUT2D eigenvalue weighted by Gasteiger charge is 2.06. The van der Waals surface area contributed by atoms with Crippen LogP contribution < -0.4 is 5.56 Å². The minimum atomic E-state index is -0.246. The van der Waals surface area contributed by atoms with Gasteiger partial charge in [-0.1, -0.05) is 54.1 Å². The number of rotatable bonds is 3. The highest BCUT2D eigenvalue weighted by atomic mass is 32.1. The number of hydrogen-bond donors (Lipinski definition) is 1. The first kappa shape index (κ1) is 15.1. The van der Waals surface area contributed by atoms with Crippen molar-refractivity contribution >= 4 is 24.4 Å². The largest absolute Gasteiger partial charge is 0.285 e. The third-order valence-electron chi connectivity index (χ3n) is 3.42. The van der Waals surface area contributed by atoms with E-state index in [0.717, 1.165) is 16.8 Å². The average molecular weight is 321 g/mol. The van der Waals surface area contributed by atoms with Crippen LogP contribution >= 0.6 is 12.2 Å². The Morgan fingerprint density at radius 1 is 1.04 bits per heavy atom. The molecule has 0 unspecified atom stereocenters. The molecule has 3 rings (SSSR count). The van der Waals surface area contributed by atoms with Gasteiger partial charge in [-0.15, -0.1) is 0 Å². The maximum atomic E-state index is 12.7. The smallest absolute Gasteiger partial charge is 0.266 e. The van der Waals surface area contributed by atoms with Gasteiger partial charge in [0.1, 0.15) is 5.69 Å². The molecular weight excluding hydrogens is 306 g/mol. The number of nitrogens with one attached hydrogen (secondary N) is 1. The Hall–Kier alpha value is -2.79. The first-order valence-corrected chi connectivity index (χ1v) is 7.58. The summed E-state index contributed by atoms with van der Waals surface area (Å²) in [6.45, 7) is 1.99. The highest BCUT2D eigenvalue weighted by molar-refractivity contribution is 7.71. The van der Waals surface area contributed by atoms with Crippen molar-refractivity contribution in [2.75, 3.05) is 0 Å². The van der Waals surface area contributed by atoms with Gasteiger partial charge in [-0.25, -0.2) is 0 Å². The number of aryl methyl sites for hydroxylation is 1. The van der Waals surface area contributed by atoms with E-state index in [0.29, 0.717) is 5.69 Å². The average Bonchev–Trinajstić information content (AvgIpc) is 2.57. The van der Waals surface area contributed by atoms with Crippen LogP contribution in [0, 0.1) is 11.7 Å². The van der Waals surface area contributed by atoms with Crippen LogP contribution in [0.2, 0.25) is 0 Å². The topological polar surface area (TPSA) is 50.7 Å². The van der Waals surface area contributed by atoms with E-state index in [1.807, 2.05) is 67.6 Å². The summed E-state index contributed by atoms with van der Waals surface area (Å²) in [5.41, 5.74) is 2.90. The van der Waals surface area contributed by atoms with Crippen LogP contribution in [0.5, 0.6) is 0 Å². The molecule has 0 aliphatic rings. The molecule has 0 aliphatic heterocycles. The van der Waals surface area contributed by atoms with Gasteiger partial charge in [0.2, 0.25) is 4.77 Å². The Morgan fingerprint density at radius 2 is 1.74 bits per heavy atom. The normalized spacial score (nSPS) is 11.0. The standard InChI is InChI=1S/C18H15N3OS/c1-13-7-10-15(11-8-13)21-17(22)16(19-20-18(21)23)12-9-14-5-3-2-4-6-14/h2-12H,1H3,(H,20,23)/b12-9+. The molecule has 0 bridgehead atoms. The van der Waals surface area contributed by atoms with Crippen molar-refractivity contribution in [2.24, 2.45) is 0 Å². The molecule has 23 heavy (non-hydrogen) atoms.